The minimum atomic E-state index is -0.431. The molecule has 0 radical (unpaired) electrons. The highest BCUT2D eigenvalue weighted by atomic mass is 16.5. The van der Waals surface area contributed by atoms with Gasteiger partial charge in [0.15, 0.2) is 0 Å². The van der Waals surface area contributed by atoms with Crippen LogP contribution in [0.1, 0.15) is 17.2 Å². The first-order chi connectivity index (χ1) is 13.1. The molecule has 0 spiro atoms. The Hall–Kier alpha value is -2.90. The molecule has 2 aromatic carbocycles. The van der Waals surface area contributed by atoms with Gasteiger partial charge in [0.1, 0.15) is 12.7 Å². The summed E-state index contributed by atoms with van der Waals surface area (Å²) in [6, 6.07) is 16.1. The number of nitrogens with one attached hydrogen (secondary N) is 2. The second-order valence-corrected chi connectivity index (χ2v) is 6.40. The topological polar surface area (TPSA) is 90.9 Å². The van der Waals surface area contributed by atoms with Gasteiger partial charge in [-0.25, -0.2) is 4.79 Å². The predicted molar refractivity (Wildman–Crippen MR) is 101 cm³/mol. The molecule has 3 amide bonds. The third kappa shape index (κ3) is 4.64. The van der Waals surface area contributed by atoms with Crippen LogP contribution in [0.25, 0.3) is 0 Å². The van der Waals surface area contributed by atoms with Gasteiger partial charge in [-0.2, -0.15) is 0 Å². The molecule has 2 unspecified atom stereocenters. The number of morpholine rings is 1. The summed E-state index contributed by atoms with van der Waals surface area (Å²) in [4.78, 5) is 25.3. The molecular weight excluding hydrogens is 346 g/mol. The molecule has 1 aliphatic rings. The zero-order chi connectivity index (χ0) is 19.2. The quantitative estimate of drug-likeness (QED) is 0.751. The Morgan fingerprint density at radius 1 is 1.19 bits per heavy atom. The number of urea groups is 1. The zero-order valence-electron chi connectivity index (χ0n) is 15.1. The molecule has 1 aliphatic heterocycles. The van der Waals surface area contributed by atoms with E-state index in [1.165, 1.54) is 4.90 Å². The van der Waals surface area contributed by atoms with Crippen molar-refractivity contribution in [3.63, 3.8) is 0 Å². The first-order valence-electron chi connectivity index (χ1n) is 8.75. The number of nitrogens with zero attached hydrogens (tertiary/aromatic N) is 1. The number of benzene rings is 2. The van der Waals surface area contributed by atoms with Gasteiger partial charge in [0.05, 0.1) is 12.6 Å². The van der Waals surface area contributed by atoms with Crippen LogP contribution in [0.2, 0.25) is 0 Å². The highest BCUT2D eigenvalue weighted by Gasteiger charge is 2.34. The summed E-state index contributed by atoms with van der Waals surface area (Å²) < 4.78 is 5.61. The second kappa shape index (κ2) is 8.66. The van der Waals surface area contributed by atoms with Crippen LogP contribution in [0, 0.1) is 0 Å². The number of anilines is 1. The fourth-order valence-corrected chi connectivity index (χ4v) is 3.01. The van der Waals surface area contributed by atoms with E-state index in [-0.39, 0.29) is 25.2 Å². The number of hydrogen-bond acceptors (Lipinski definition) is 4. The van der Waals surface area contributed by atoms with Crippen molar-refractivity contribution in [2.75, 3.05) is 25.6 Å². The van der Waals surface area contributed by atoms with Crippen LogP contribution in [-0.2, 0) is 16.1 Å². The number of hydrogen-bond donors (Lipinski definition) is 3. The van der Waals surface area contributed by atoms with E-state index in [2.05, 4.69) is 10.6 Å². The van der Waals surface area contributed by atoms with Crippen molar-refractivity contribution in [1.82, 2.24) is 10.2 Å². The molecule has 1 saturated heterocycles. The number of rotatable bonds is 5. The van der Waals surface area contributed by atoms with Crippen LogP contribution in [0.15, 0.2) is 54.6 Å². The highest BCUT2D eigenvalue weighted by Crippen LogP contribution is 2.28. The van der Waals surface area contributed by atoms with Crippen molar-refractivity contribution in [3.8, 4) is 0 Å². The van der Waals surface area contributed by atoms with E-state index in [1.807, 2.05) is 42.5 Å². The lowest BCUT2D eigenvalue weighted by molar-refractivity contribution is -0.157. The summed E-state index contributed by atoms with van der Waals surface area (Å²) >= 11 is 0. The van der Waals surface area contributed by atoms with Crippen molar-refractivity contribution in [2.24, 2.45) is 0 Å². The van der Waals surface area contributed by atoms with Crippen molar-refractivity contribution in [3.05, 3.63) is 65.7 Å². The van der Waals surface area contributed by atoms with Gasteiger partial charge in [0.25, 0.3) is 0 Å². The minimum Gasteiger partial charge on any atom is -0.394 e. The smallest absolute Gasteiger partial charge is 0.319 e. The minimum absolute atomic E-state index is 0.0143. The zero-order valence-corrected chi connectivity index (χ0v) is 15.1. The molecule has 0 aliphatic carbocycles. The number of aliphatic hydroxyl groups excluding tert-OH is 1. The summed E-state index contributed by atoms with van der Waals surface area (Å²) in [5.41, 5.74) is 2.50. The van der Waals surface area contributed by atoms with E-state index in [9.17, 15) is 14.7 Å². The van der Waals surface area contributed by atoms with E-state index in [0.717, 1.165) is 11.1 Å². The van der Waals surface area contributed by atoms with Gasteiger partial charge in [-0.1, -0.05) is 42.5 Å². The lowest BCUT2D eigenvalue weighted by atomic mass is 9.99. The molecule has 7 heteroatoms. The molecule has 3 N–H and O–H groups in total. The number of ether oxygens (including phenoxy) is 1. The maximum Gasteiger partial charge on any atom is 0.319 e. The van der Waals surface area contributed by atoms with Crippen molar-refractivity contribution < 1.29 is 19.4 Å². The van der Waals surface area contributed by atoms with Crippen LogP contribution in [0.5, 0.6) is 0 Å². The second-order valence-electron chi connectivity index (χ2n) is 6.40. The molecule has 0 aromatic heterocycles. The molecule has 1 fully saturated rings. The van der Waals surface area contributed by atoms with E-state index in [4.69, 9.17) is 4.74 Å². The van der Waals surface area contributed by atoms with Crippen molar-refractivity contribution >= 4 is 17.6 Å². The normalized spacial score (nSPS) is 19.6. The average Bonchev–Trinajstić information content (AvgIpc) is 2.70. The van der Waals surface area contributed by atoms with E-state index in [0.29, 0.717) is 12.2 Å². The van der Waals surface area contributed by atoms with E-state index < -0.39 is 12.1 Å². The number of amides is 3. The fourth-order valence-electron chi connectivity index (χ4n) is 3.01. The number of carbonyl (C=O) groups is 2. The SMILES string of the molecule is CN1C(=O)COC(c2ccc(NC(=O)NCc3ccccc3)cc2)C1CO. The maximum atomic E-state index is 12.0. The summed E-state index contributed by atoms with van der Waals surface area (Å²) in [6.07, 6.45) is -0.404. The molecular formula is C20H23N3O4. The van der Waals surface area contributed by atoms with Crippen LogP contribution in [0.3, 0.4) is 0 Å². The summed E-state index contributed by atoms with van der Waals surface area (Å²) in [5, 5.41) is 15.2. The Bertz CT molecular complexity index is 780. The maximum absolute atomic E-state index is 12.0. The van der Waals surface area contributed by atoms with E-state index in [1.54, 1.807) is 19.2 Å². The predicted octanol–water partition coefficient (Wildman–Crippen LogP) is 1.90. The Morgan fingerprint density at radius 3 is 2.56 bits per heavy atom. The van der Waals surface area contributed by atoms with Gasteiger partial charge >= 0.3 is 6.03 Å². The Labute approximate surface area is 157 Å². The summed E-state index contributed by atoms with van der Waals surface area (Å²) in [6.45, 7) is 0.244. The Kier molecular flexibility index (Phi) is 6.05. The number of likely N-dealkylation sites (N-methyl/N-ethyl adjacent to an activating group) is 1. The average molecular weight is 369 g/mol. The van der Waals surface area contributed by atoms with Gasteiger partial charge < -0.3 is 25.4 Å². The Morgan fingerprint density at radius 2 is 1.89 bits per heavy atom. The molecule has 3 rings (SSSR count). The third-order valence-corrected chi connectivity index (χ3v) is 4.61. The summed E-state index contributed by atoms with van der Waals surface area (Å²) in [5.74, 6) is -0.154. The standard InChI is InChI=1S/C20H23N3O4/c1-23-17(12-24)19(27-13-18(23)25)15-7-9-16(10-8-15)22-20(26)21-11-14-5-3-2-4-6-14/h2-10,17,19,24H,11-13H2,1H3,(H2,21,22,26). The molecule has 2 aromatic rings. The van der Waals surface area contributed by atoms with E-state index >= 15 is 0 Å². The molecule has 7 nitrogen and oxygen atoms in total. The van der Waals surface area contributed by atoms with Crippen LogP contribution < -0.4 is 10.6 Å². The first kappa shape index (κ1) is 18.9. The Balaban J connectivity index is 1.58. The molecule has 1 heterocycles. The third-order valence-electron chi connectivity index (χ3n) is 4.61. The first-order valence-corrected chi connectivity index (χ1v) is 8.75. The van der Waals surface area contributed by atoms with Gasteiger partial charge in [-0.15, -0.1) is 0 Å². The molecule has 2 atom stereocenters. The largest absolute Gasteiger partial charge is 0.394 e. The lowest BCUT2D eigenvalue weighted by Crippen LogP contribution is -2.50. The van der Waals surface area contributed by atoms with Crippen molar-refractivity contribution in [1.29, 1.82) is 0 Å². The lowest BCUT2D eigenvalue weighted by Gasteiger charge is -2.38. The molecule has 142 valence electrons. The molecule has 0 saturated carbocycles. The summed E-state index contributed by atoms with van der Waals surface area (Å²) in [7, 11) is 1.66. The van der Waals surface area contributed by atoms with Gasteiger partial charge in [0, 0.05) is 19.3 Å². The molecule has 0 bridgehead atoms. The van der Waals surface area contributed by atoms with Crippen LogP contribution in [-0.4, -0.2) is 48.2 Å². The highest BCUT2D eigenvalue weighted by molar-refractivity contribution is 5.89. The van der Waals surface area contributed by atoms with Crippen LogP contribution in [0.4, 0.5) is 10.5 Å². The van der Waals surface area contributed by atoms with Crippen molar-refractivity contribution in [2.45, 2.75) is 18.7 Å². The fraction of sp³-hybridized carbons (Fsp3) is 0.300. The van der Waals surface area contributed by atoms with Gasteiger partial charge in [0.2, 0.25) is 5.91 Å². The monoisotopic (exact) mass is 369 g/mol. The van der Waals surface area contributed by atoms with Gasteiger partial charge in [-0.05, 0) is 23.3 Å². The molecule has 27 heavy (non-hydrogen) atoms. The number of carbonyl (C=O) groups excluding carboxylic acids is 2. The number of aliphatic hydroxyl groups is 1. The van der Waals surface area contributed by atoms with Crippen LogP contribution >= 0.6 is 0 Å². The van der Waals surface area contributed by atoms with Gasteiger partial charge in [-0.3, -0.25) is 4.79 Å².